The summed E-state index contributed by atoms with van der Waals surface area (Å²) in [5, 5.41) is 10.4. The molecule has 2 atom stereocenters. The van der Waals surface area contributed by atoms with Crippen LogP contribution in [0.3, 0.4) is 0 Å². The second-order valence-electron chi connectivity index (χ2n) is 6.46. The number of aryl methyl sites for hydroxylation is 1. The van der Waals surface area contributed by atoms with E-state index in [2.05, 4.69) is 14.5 Å². The van der Waals surface area contributed by atoms with Gasteiger partial charge in [0, 0.05) is 31.5 Å². The number of aromatic nitrogens is 2. The maximum absolute atomic E-state index is 10.4. The van der Waals surface area contributed by atoms with E-state index in [1.54, 1.807) is 6.26 Å². The highest BCUT2D eigenvalue weighted by Crippen LogP contribution is 2.26. The quantitative estimate of drug-likeness (QED) is 0.852. The first kappa shape index (κ1) is 16.3. The molecule has 5 heteroatoms. The third-order valence-corrected chi connectivity index (χ3v) is 4.79. The summed E-state index contributed by atoms with van der Waals surface area (Å²) in [5.74, 6) is 0.688. The van der Waals surface area contributed by atoms with Crippen LogP contribution in [0.2, 0.25) is 0 Å². The standard InChI is InChI=1S/C18H27N3O2/c22-17(18-7-4-13-23-18)14-16-6-2-1-3-10-21(16)11-5-9-20-12-8-19-15-20/h4,7-8,12-13,15-17,22H,1-3,5-6,9-11,14H2. The lowest BCUT2D eigenvalue weighted by Crippen LogP contribution is -2.37. The number of imidazole rings is 1. The Bertz CT molecular complexity index is 539. The Morgan fingerprint density at radius 1 is 1.30 bits per heavy atom. The van der Waals surface area contributed by atoms with Gasteiger partial charge in [0.2, 0.25) is 0 Å². The summed E-state index contributed by atoms with van der Waals surface area (Å²) < 4.78 is 7.48. The highest BCUT2D eigenvalue weighted by molar-refractivity contribution is 5.02. The summed E-state index contributed by atoms with van der Waals surface area (Å²) in [6.07, 6.45) is 13.7. The van der Waals surface area contributed by atoms with Crippen LogP contribution in [0.25, 0.3) is 0 Å². The van der Waals surface area contributed by atoms with Crippen molar-refractivity contribution in [3.63, 3.8) is 0 Å². The molecule has 0 bridgehead atoms. The molecule has 2 aromatic rings. The van der Waals surface area contributed by atoms with Crippen LogP contribution in [0.4, 0.5) is 0 Å². The number of rotatable bonds is 7. The SMILES string of the molecule is OC(CC1CCCCCN1CCCn1ccnc1)c1ccco1. The number of nitrogens with zero attached hydrogens (tertiary/aromatic N) is 3. The van der Waals surface area contributed by atoms with Crippen LogP contribution in [0, 0.1) is 0 Å². The van der Waals surface area contributed by atoms with Crippen LogP contribution in [0.15, 0.2) is 41.5 Å². The van der Waals surface area contributed by atoms with Crippen molar-refractivity contribution in [2.45, 2.75) is 57.2 Å². The number of aliphatic hydroxyl groups is 1. The Labute approximate surface area is 137 Å². The van der Waals surface area contributed by atoms with E-state index in [1.165, 1.54) is 25.7 Å². The lowest BCUT2D eigenvalue weighted by molar-refractivity contribution is 0.0852. The number of likely N-dealkylation sites (tertiary alicyclic amines) is 1. The Kier molecular flexibility index (Phi) is 5.88. The van der Waals surface area contributed by atoms with Gasteiger partial charge < -0.3 is 19.0 Å². The normalized spacial score (nSPS) is 21.2. The van der Waals surface area contributed by atoms with Gasteiger partial charge in [0.1, 0.15) is 11.9 Å². The number of hydrogen-bond donors (Lipinski definition) is 1. The molecule has 1 fully saturated rings. The molecule has 0 aromatic carbocycles. The van der Waals surface area contributed by atoms with Gasteiger partial charge in [-0.2, -0.15) is 0 Å². The summed E-state index contributed by atoms with van der Waals surface area (Å²) in [4.78, 5) is 6.66. The van der Waals surface area contributed by atoms with E-state index in [1.807, 2.05) is 30.9 Å². The monoisotopic (exact) mass is 317 g/mol. The maximum atomic E-state index is 10.4. The first-order chi connectivity index (χ1) is 11.3. The minimum atomic E-state index is -0.496. The molecule has 1 saturated heterocycles. The van der Waals surface area contributed by atoms with Crippen molar-refractivity contribution < 1.29 is 9.52 Å². The average Bonchev–Trinajstić information content (AvgIpc) is 3.22. The Morgan fingerprint density at radius 2 is 2.26 bits per heavy atom. The summed E-state index contributed by atoms with van der Waals surface area (Å²) >= 11 is 0. The van der Waals surface area contributed by atoms with E-state index in [0.717, 1.165) is 32.5 Å². The lowest BCUT2D eigenvalue weighted by Gasteiger charge is -2.31. The molecule has 0 amide bonds. The fraction of sp³-hybridized carbons (Fsp3) is 0.611. The molecule has 1 aliphatic heterocycles. The molecular weight excluding hydrogens is 290 g/mol. The van der Waals surface area contributed by atoms with Gasteiger partial charge in [0.25, 0.3) is 0 Å². The predicted molar refractivity (Wildman–Crippen MR) is 89.0 cm³/mol. The van der Waals surface area contributed by atoms with Gasteiger partial charge in [0.15, 0.2) is 0 Å². The van der Waals surface area contributed by atoms with Crippen LogP contribution < -0.4 is 0 Å². The van der Waals surface area contributed by atoms with Crippen molar-refractivity contribution in [2.24, 2.45) is 0 Å². The average molecular weight is 317 g/mol. The minimum absolute atomic E-state index is 0.445. The predicted octanol–water partition coefficient (Wildman–Crippen LogP) is 3.23. The molecule has 0 saturated carbocycles. The third-order valence-electron chi connectivity index (χ3n) is 4.79. The van der Waals surface area contributed by atoms with Crippen molar-refractivity contribution in [3.05, 3.63) is 42.9 Å². The molecule has 0 radical (unpaired) electrons. The smallest absolute Gasteiger partial charge is 0.132 e. The van der Waals surface area contributed by atoms with Gasteiger partial charge in [-0.15, -0.1) is 0 Å². The second kappa shape index (κ2) is 8.31. The van der Waals surface area contributed by atoms with Crippen molar-refractivity contribution >= 4 is 0 Å². The lowest BCUT2D eigenvalue weighted by atomic mass is 10.0. The molecular formula is C18H27N3O2. The van der Waals surface area contributed by atoms with Crippen LogP contribution in [-0.2, 0) is 6.54 Å². The molecule has 2 aromatic heterocycles. The summed E-state index contributed by atoms with van der Waals surface area (Å²) in [6, 6.07) is 4.15. The summed E-state index contributed by atoms with van der Waals surface area (Å²) in [7, 11) is 0. The molecule has 1 aliphatic rings. The van der Waals surface area contributed by atoms with Crippen LogP contribution >= 0.6 is 0 Å². The number of hydrogen-bond acceptors (Lipinski definition) is 4. The molecule has 0 spiro atoms. The zero-order valence-corrected chi connectivity index (χ0v) is 13.7. The largest absolute Gasteiger partial charge is 0.467 e. The fourth-order valence-electron chi connectivity index (χ4n) is 3.53. The van der Waals surface area contributed by atoms with Crippen LogP contribution in [0.1, 0.15) is 50.4 Å². The fourth-order valence-corrected chi connectivity index (χ4v) is 3.53. The molecule has 5 nitrogen and oxygen atoms in total. The molecule has 1 N–H and O–H groups in total. The Balaban J connectivity index is 1.53. The molecule has 3 rings (SSSR count). The van der Waals surface area contributed by atoms with Gasteiger partial charge in [-0.25, -0.2) is 4.98 Å². The van der Waals surface area contributed by atoms with Crippen molar-refractivity contribution in [1.82, 2.24) is 14.5 Å². The minimum Gasteiger partial charge on any atom is -0.467 e. The third kappa shape index (κ3) is 4.69. The van der Waals surface area contributed by atoms with Crippen molar-refractivity contribution in [2.75, 3.05) is 13.1 Å². The number of aliphatic hydroxyl groups excluding tert-OH is 1. The second-order valence-corrected chi connectivity index (χ2v) is 6.46. The molecule has 126 valence electrons. The van der Waals surface area contributed by atoms with E-state index in [-0.39, 0.29) is 0 Å². The van der Waals surface area contributed by atoms with Gasteiger partial charge >= 0.3 is 0 Å². The van der Waals surface area contributed by atoms with Crippen molar-refractivity contribution in [1.29, 1.82) is 0 Å². The first-order valence-electron chi connectivity index (χ1n) is 8.74. The molecule has 23 heavy (non-hydrogen) atoms. The topological polar surface area (TPSA) is 54.4 Å². The van der Waals surface area contributed by atoms with Crippen molar-refractivity contribution in [3.8, 4) is 0 Å². The van der Waals surface area contributed by atoms with Crippen LogP contribution in [-0.4, -0.2) is 38.7 Å². The Hall–Kier alpha value is -1.59. The van der Waals surface area contributed by atoms with Gasteiger partial charge in [-0.05, 0) is 44.4 Å². The zero-order valence-electron chi connectivity index (χ0n) is 13.7. The highest BCUT2D eigenvalue weighted by Gasteiger charge is 2.24. The highest BCUT2D eigenvalue weighted by atomic mass is 16.4. The Morgan fingerprint density at radius 3 is 3.04 bits per heavy atom. The van der Waals surface area contributed by atoms with E-state index in [0.29, 0.717) is 11.8 Å². The van der Waals surface area contributed by atoms with Gasteiger partial charge in [-0.3, -0.25) is 0 Å². The summed E-state index contributed by atoms with van der Waals surface area (Å²) in [6.45, 7) is 3.22. The van der Waals surface area contributed by atoms with E-state index < -0.39 is 6.10 Å². The van der Waals surface area contributed by atoms with E-state index in [9.17, 15) is 5.11 Å². The van der Waals surface area contributed by atoms with E-state index >= 15 is 0 Å². The zero-order chi connectivity index (χ0) is 15.9. The molecule has 3 heterocycles. The maximum Gasteiger partial charge on any atom is 0.132 e. The first-order valence-corrected chi connectivity index (χ1v) is 8.74. The summed E-state index contributed by atoms with van der Waals surface area (Å²) in [5.41, 5.74) is 0. The van der Waals surface area contributed by atoms with Gasteiger partial charge in [-0.1, -0.05) is 12.8 Å². The van der Waals surface area contributed by atoms with Gasteiger partial charge in [0.05, 0.1) is 12.6 Å². The van der Waals surface area contributed by atoms with E-state index in [4.69, 9.17) is 4.42 Å². The molecule has 0 aliphatic carbocycles. The molecule has 2 unspecified atom stereocenters. The number of furan rings is 1. The van der Waals surface area contributed by atoms with Crippen LogP contribution in [0.5, 0.6) is 0 Å².